The number of primary amides is 1. The van der Waals surface area contributed by atoms with Gasteiger partial charge in [-0.25, -0.2) is 4.79 Å². The zero-order valence-corrected chi connectivity index (χ0v) is 19.5. The minimum atomic E-state index is -1.20. The largest absolute Gasteiger partial charge is 0.480 e. The Kier molecular flexibility index (Phi) is 13.1. The number of carboxylic acids is 1. The fourth-order valence-corrected chi connectivity index (χ4v) is 3.86. The quantitative estimate of drug-likeness (QED) is 0.114. The third-order valence-corrected chi connectivity index (χ3v) is 5.72. The summed E-state index contributed by atoms with van der Waals surface area (Å²) in [5, 5.41) is 14.5. The summed E-state index contributed by atoms with van der Waals surface area (Å²) >= 11 is 0. The lowest BCUT2D eigenvalue weighted by molar-refractivity contribution is -0.145. The standard InChI is InChI=1S/C21H39N7O6/c22-9-3-1-6-14(26-18(30)13(24)12-17(25)29)20(32)28-11-5-8-16(28)19(31)27-15(21(33)34)7-2-4-10-23/h13-16H,1-12,22-24H2,(H2,25,29)(H,26,30)(H,27,31)(H,33,34). The minimum Gasteiger partial charge on any atom is -0.480 e. The number of hydrogen-bond acceptors (Lipinski definition) is 8. The number of carbonyl (C=O) groups is 5. The van der Waals surface area contributed by atoms with E-state index in [2.05, 4.69) is 10.6 Å². The maximum absolute atomic E-state index is 13.3. The van der Waals surface area contributed by atoms with Crippen LogP contribution >= 0.6 is 0 Å². The van der Waals surface area contributed by atoms with Gasteiger partial charge in [-0.05, 0) is 64.5 Å². The molecule has 1 heterocycles. The Labute approximate surface area is 199 Å². The number of nitrogens with zero attached hydrogens (tertiary/aromatic N) is 1. The fourth-order valence-electron chi connectivity index (χ4n) is 3.86. The summed E-state index contributed by atoms with van der Waals surface area (Å²) in [6.07, 6.45) is 3.41. The van der Waals surface area contributed by atoms with Crippen LogP contribution < -0.4 is 33.6 Å². The number of amides is 4. The van der Waals surface area contributed by atoms with Crippen LogP contribution in [0.5, 0.6) is 0 Å². The number of aliphatic carboxylic acids is 1. The molecule has 194 valence electrons. The highest BCUT2D eigenvalue weighted by molar-refractivity contribution is 5.95. The van der Waals surface area contributed by atoms with Gasteiger partial charge in [-0.3, -0.25) is 19.2 Å². The topological polar surface area (TPSA) is 237 Å². The van der Waals surface area contributed by atoms with E-state index in [-0.39, 0.29) is 19.3 Å². The maximum Gasteiger partial charge on any atom is 0.326 e. The van der Waals surface area contributed by atoms with E-state index < -0.39 is 53.8 Å². The highest BCUT2D eigenvalue weighted by atomic mass is 16.4. The lowest BCUT2D eigenvalue weighted by atomic mass is 10.1. The van der Waals surface area contributed by atoms with E-state index in [1.54, 1.807) is 0 Å². The van der Waals surface area contributed by atoms with Gasteiger partial charge in [-0.1, -0.05) is 0 Å². The predicted octanol–water partition coefficient (Wildman–Crippen LogP) is -2.51. The van der Waals surface area contributed by atoms with Gasteiger partial charge in [0.15, 0.2) is 0 Å². The molecule has 1 rings (SSSR count). The Morgan fingerprint density at radius 3 is 2.06 bits per heavy atom. The molecule has 0 bridgehead atoms. The van der Waals surface area contributed by atoms with Gasteiger partial charge in [0.25, 0.3) is 0 Å². The zero-order valence-electron chi connectivity index (χ0n) is 19.5. The van der Waals surface area contributed by atoms with Crippen molar-refractivity contribution < 1.29 is 29.1 Å². The molecule has 1 aliphatic heterocycles. The van der Waals surface area contributed by atoms with Gasteiger partial charge in [0.1, 0.15) is 18.1 Å². The van der Waals surface area contributed by atoms with E-state index in [4.69, 9.17) is 22.9 Å². The molecule has 0 spiro atoms. The highest BCUT2D eigenvalue weighted by Gasteiger charge is 2.39. The van der Waals surface area contributed by atoms with Crippen molar-refractivity contribution in [3.05, 3.63) is 0 Å². The van der Waals surface area contributed by atoms with E-state index in [0.29, 0.717) is 58.2 Å². The van der Waals surface area contributed by atoms with Crippen molar-refractivity contribution in [2.24, 2.45) is 22.9 Å². The second-order valence-corrected chi connectivity index (χ2v) is 8.50. The molecule has 0 radical (unpaired) electrons. The Balaban J connectivity index is 2.91. The van der Waals surface area contributed by atoms with Crippen molar-refractivity contribution >= 4 is 29.6 Å². The Hall–Kier alpha value is -2.77. The lowest BCUT2D eigenvalue weighted by Gasteiger charge is -2.30. The first-order valence-corrected chi connectivity index (χ1v) is 11.7. The molecule has 0 saturated carbocycles. The predicted molar refractivity (Wildman–Crippen MR) is 124 cm³/mol. The average Bonchev–Trinajstić information content (AvgIpc) is 3.26. The van der Waals surface area contributed by atoms with Crippen LogP contribution in [-0.4, -0.2) is 83.4 Å². The Morgan fingerprint density at radius 1 is 0.941 bits per heavy atom. The van der Waals surface area contributed by atoms with Crippen LogP contribution in [0.15, 0.2) is 0 Å². The molecule has 1 saturated heterocycles. The van der Waals surface area contributed by atoms with Crippen molar-refractivity contribution in [1.82, 2.24) is 15.5 Å². The Bertz CT molecular complexity index is 720. The molecule has 0 aromatic rings. The number of nitrogens with one attached hydrogen (secondary N) is 2. The van der Waals surface area contributed by atoms with Crippen LogP contribution in [0.2, 0.25) is 0 Å². The number of hydrogen-bond donors (Lipinski definition) is 7. The summed E-state index contributed by atoms with van der Waals surface area (Å²) in [6, 6.07) is -4.10. The molecule has 11 N–H and O–H groups in total. The fraction of sp³-hybridized carbons (Fsp3) is 0.762. The molecule has 0 aromatic heterocycles. The molecule has 4 amide bonds. The van der Waals surface area contributed by atoms with Gasteiger partial charge in [0, 0.05) is 6.54 Å². The summed E-state index contributed by atoms with van der Waals surface area (Å²) < 4.78 is 0. The van der Waals surface area contributed by atoms with Crippen molar-refractivity contribution in [2.75, 3.05) is 19.6 Å². The van der Waals surface area contributed by atoms with Crippen molar-refractivity contribution in [1.29, 1.82) is 0 Å². The molecule has 13 nitrogen and oxygen atoms in total. The molecular formula is C21H39N7O6. The number of carbonyl (C=O) groups excluding carboxylic acids is 4. The van der Waals surface area contributed by atoms with Gasteiger partial charge in [0.05, 0.1) is 12.5 Å². The number of nitrogens with two attached hydrogens (primary N) is 4. The van der Waals surface area contributed by atoms with Crippen LogP contribution in [0.4, 0.5) is 0 Å². The average molecular weight is 486 g/mol. The van der Waals surface area contributed by atoms with Crippen molar-refractivity contribution in [3.8, 4) is 0 Å². The van der Waals surface area contributed by atoms with Gasteiger partial charge >= 0.3 is 5.97 Å². The third-order valence-electron chi connectivity index (χ3n) is 5.72. The third kappa shape index (κ3) is 9.61. The molecule has 4 atom stereocenters. The van der Waals surface area contributed by atoms with Gasteiger partial charge in [-0.15, -0.1) is 0 Å². The molecular weight excluding hydrogens is 446 g/mol. The molecule has 34 heavy (non-hydrogen) atoms. The van der Waals surface area contributed by atoms with Gasteiger partial charge < -0.3 is 43.6 Å². The Morgan fingerprint density at radius 2 is 1.53 bits per heavy atom. The van der Waals surface area contributed by atoms with E-state index >= 15 is 0 Å². The monoisotopic (exact) mass is 485 g/mol. The number of rotatable bonds is 16. The maximum atomic E-state index is 13.3. The summed E-state index contributed by atoms with van der Waals surface area (Å²) in [5.41, 5.74) is 21.8. The smallest absolute Gasteiger partial charge is 0.326 e. The minimum absolute atomic E-state index is 0.231. The first-order chi connectivity index (χ1) is 16.1. The normalized spacial score (nSPS) is 18.1. The second-order valence-electron chi connectivity index (χ2n) is 8.50. The van der Waals surface area contributed by atoms with Crippen LogP contribution in [0.3, 0.4) is 0 Å². The molecule has 1 aliphatic rings. The van der Waals surface area contributed by atoms with E-state index in [9.17, 15) is 29.1 Å². The molecule has 1 fully saturated rings. The van der Waals surface area contributed by atoms with E-state index in [1.165, 1.54) is 4.90 Å². The summed E-state index contributed by atoms with van der Waals surface area (Å²) in [4.78, 5) is 62.6. The van der Waals surface area contributed by atoms with E-state index in [1.807, 2.05) is 0 Å². The number of likely N-dealkylation sites (tertiary alicyclic amines) is 1. The summed E-state index contributed by atoms with van der Waals surface area (Å²) in [7, 11) is 0. The zero-order chi connectivity index (χ0) is 25.7. The SMILES string of the molecule is NCCCCC(NC(=O)C1CCCN1C(=O)C(CCCCN)NC(=O)C(N)CC(N)=O)C(=O)O. The van der Waals surface area contributed by atoms with Crippen LogP contribution in [0, 0.1) is 0 Å². The first-order valence-electron chi connectivity index (χ1n) is 11.7. The number of carboxylic acid groups (broad SMARTS) is 1. The number of unbranched alkanes of at least 4 members (excludes halogenated alkanes) is 2. The van der Waals surface area contributed by atoms with Gasteiger partial charge in [0.2, 0.25) is 23.6 Å². The second kappa shape index (κ2) is 15.2. The highest BCUT2D eigenvalue weighted by Crippen LogP contribution is 2.20. The van der Waals surface area contributed by atoms with Crippen LogP contribution in [0.25, 0.3) is 0 Å². The van der Waals surface area contributed by atoms with Crippen molar-refractivity contribution in [2.45, 2.75) is 82.0 Å². The van der Waals surface area contributed by atoms with Crippen LogP contribution in [-0.2, 0) is 24.0 Å². The molecule has 4 unspecified atom stereocenters. The molecule has 0 aromatic carbocycles. The molecule has 13 heteroatoms. The first kappa shape index (κ1) is 29.3. The molecule has 0 aliphatic carbocycles. The lowest BCUT2D eigenvalue weighted by Crippen LogP contribution is -2.57. The van der Waals surface area contributed by atoms with Crippen LogP contribution in [0.1, 0.15) is 57.8 Å². The van der Waals surface area contributed by atoms with Gasteiger partial charge in [-0.2, -0.15) is 0 Å². The van der Waals surface area contributed by atoms with Crippen molar-refractivity contribution in [3.63, 3.8) is 0 Å². The van der Waals surface area contributed by atoms with E-state index in [0.717, 1.165) is 0 Å². The summed E-state index contributed by atoms with van der Waals surface area (Å²) in [6.45, 7) is 1.12. The summed E-state index contributed by atoms with van der Waals surface area (Å²) in [5.74, 6) is -3.62.